The smallest absolute Gasteiger partial charge is 0.407 e. The number of hydrogen-bond donors (Lipinski definition) is 3. The summed E-state index contributed by atoms with van der Waals surface area (Å²) in [7, 11) is 0. The number of halogens is 1. The first kappa shape index (κ1) is 18.1. The van der Waals surface area contributed by atoms with E-state index in [4.69, 9.17) is 4.74 Å². The normalized spacial score (nSPS) is 14.1. The van der Waals surface area contributed by atoms with Crippen molar-refractivity contribution in [3.63, 3.8) is 0 Å². The molecule has 3 N–H and O–H groups in total. The number of rotatable bonds is 5. The molecule has 22 heavy (non-hydrogen) atoms. The van der Waals surface area contributed by atoms with Crippen LogP contribution in [-0.2, 0) is 4.74 Å². The Balaban J connectivity index is 2.67. The van der Waals surface area contributed by atoms with Gasteiger partial charge in [0.1, 0.15) is 29.9 Å². The number of ether oxygens (including phenoxy) is 1. The Hall–Kier alpha value is -1.99. The molecule has 7 heteroatoms. The minimum absolute atomic E-state index is 0.169. The molecule has 0 bridgehead atoms. The second-order valence-electron chi connectivity index (χ2n) is 5.79. The van der Waals surface area contributed by atoms with E-state index in [9.17, 15) is 24.2 Å². The molecule has 0 fully saturated rings. The zero-order valence-corrected chi connectivity index (χ0v) is 12.7. The van der Waals surface area contributed by atoms with E-state index in [1.165, 1.54) is 6.07 Å². The van der Waals surface area contributed by atoms with Gasteiger partial charge in [-0.15, -0.1) is 0 Å². The largest absolute Gasteiger partial charge is 0.444 e. The molecular weight excluding hydrogens is 293 g/mol. The highest BCUT2D eigenvalue weighted by atomic mass is 19.1. The molecule has 2 unspecified atom stereocenters. The van der Waals surface area contributed by atoms with Gasteiger partial charge in [-0.1, -0.05) is 0 Å². The first-order valence-corrected chi connectivity index (χ1v) is 6.71. The summed E-state index contributed by atoms with van der Waals surface area (Å²) >= 11 is 0. The molecule has 122 valence electrons. The van der Waals surface area contributed by atoms with E-state index in [0.717, 1.165) is 12.1 Å². The Morgan fingerprint density at radius 1 is 1.41 bits per heavy atom. The van der Waals surface area contributed by atoms with Gasteiger partial charge in [0, 0.05) is 17.7 Å². The van der Waals surface area contributed by atoms with Gasteiger partial charge in [-0.05, 0) is 39.0 Å². The van der Waals surface area contributed by atoms with Crippen molar-refractivity contribution in [2.24, 2.45) is 0 Å². The van der Waals surface area contributed by atoms with E-state index in [0.29, 0.717) is 6.29 Å². The monoisotopic (exact) mass is 313 g/mol. The molecule has 0 aliphatic rings. The molecule has 6 nitrogen and oxygen atoms in total. The first-order valence-electron chi connectivity index (χ1n) is 6.71. The van der Waals surface area contributed by atoms with Crippen molar-refractivity contribution in [3.05, 3.63) is 35.1 Å². The van der Waals surface area contributed by atoms with Crippen molar-refractivity contribution in [1.29, 1.82) is 0 Å². The van der Waals surface area contributed by atoms with E-state index in [-0.39, 0.29) is 17.7 Å². The van der Waals surface area contributed by atoms with Crippen LogP contribution in [0.5, 0.6) is 0 Å². The summed E-state index contributed by atoms with van der Waals surface area (Å²) in [5.41, 5.74) is -0.747. The number of carbonyl (C=O) groups is 2. The summed E-state index contributed by atoms with van der Waals surface area (Å²) in [6, 6.07) is 3.42. The molecule has 0 spiro atoms. The summed E-state index contributed by atoms with van der Waals surface area (Å²) in [6.07, 6.45) is -3.30. The van der Waals surface area contributed by atoms with Crippen LogP contribution in [0, 0.1) is 5.82 Å². The van der Waals surface area contributed by atoms with Crippen LogP contribution in [0.25, 0.3) is 0 Å². The summed E-state index contributed by atoms with van der Waals surface area (Å²) < 4.78 is 18.6. The predicted molar refractivity (Wildman–Crippen MR) is 77.0 cm³/mol. The van der Waals surface area contributed by atoms with Crippen LogP contribution in [0.4, 0.5) is 9.18 Å². The van der Waals surface area contributed by atoms with Crippen LogP contribution in [0.3, 0.4) is 0 Å². The second-order valence-corrected chi connectivity index (χ2v) is 5.79. The number of amides is 1. The standard InChI is InChI=1S/C15H20FNO5/c1-15(2,3)22-14(21)17-7-12(19)13(20)10-6-9(8-18)4-5-11(10)16/h4-6,8,12-13,19-20H,7H2,1-3H3,(H,17,21). The van der Waals surface area contributed by atoms with Crippen molar-refractivity contribution < 1.29 is 28.9 Å². The number of nitrogens with one attached hydrogen (secondary N) is 1. The lowest BCUT2D eigenvalue weighted by Gasteiger charge is -2.22. The summed E-state index contributed by atoms with van der Waals surface area (Å²) in [5, 5.41) is 22.0. The summed E-state index contributed by atoms with van der Waals surface area (Å²) in [4.78, 5) is 22.1. The lowest BCUT2D eigenvalue weighted by Crippen LogP contribution is -2.39. The lowest BCUT2D eigenvalue weighted by molar-refractivity contribution is 0.0113. The molecule has 0 aliphatic heterocycles. The van der Waals surface area contributed by atoms with Gasteiger partial charge in [-0.2, -0.15) is 0 Å². The number of aliphatic hydroxyl groups excluding tert-OH is 2. The topological polar surface area (TPSA) is 95.9 Å². The fraction of sp³-hybridized carbons (Fsp3) is 0.467. The Kier molecular flexibility index (Phi) is 6.01. The number of hydrogen-bond acceptors (Lipinski definition) is 5. The van der Waals surface area contributed by atoms with E-state index < -0.39 is 29.7 Å². The van der Waals surface area contributed by atoms with Gasteiger partial charge in [0.15, 0.2) is 0 Å². The van der Waals surface area contributed by atoms with Crippen molar-refractivity contribution in [2.45, 2.75) is 38.6 Å². The maximum Gasteiger partial charge on any atom is 0.407 e. The highest BCUT2D eigenvalue weighted by Crippen LogP contribution is 2.21. The fourth-order valence-electron chi connectivity index (χ4n) is 1.68. The van der Waals surface area contributed by atoms with Crippen LogP contribution < -0.4 is 5.32 Å². The van der Waals surface area contributed by atoms with Crippen LogP contribution >= 0.6 is 0 Å². The third kappa shape index (κ3) is 5.42. The van der Waals surface area contributed by atoms with E-state index in [1.54, 1.807) is 20.8 Å². The predicted octanol–water partition coefficient (Wildman–Crippen LogP) is 1.56. The summed E-state index contributed by atoms with van der Waals surface area (Å²) in [5.74, 6) is -0.755. The molecule has 1 rings (SSSR count). The van der Waals surface area contributed by atoms with E-state index in [2.05, 4.69) is 5.32 Å². The highest BCUT2D eigenvalue weighted by molar-refractivity contribution is 5.75. The lowest BCUT2D eigenvalue weighted by atomic mass is 10.0. The molecule has 0 heterocycles. The number of aliphatic hydroxyl groups is 2. The van der Waals surface area contributed by atoms with Crippen molar-refractivity contribution >= 4 is 12.4 Å². The van der Waals surface area contributed by atoms with Crippen molar-refractivity contribution in [3.8, 4) is 0 Å². The third-order valence-corrected chi connectivity index (χ3v) is 2.69. The van der Waals surface area contributed by atoms with Crippen LogP contribution in [0.1, 0.15) is 42.8 Å². The molecule has 0 saturated heterocycles. The highest BCUT2D eigenvalue weighted by Gasteiger charge is 2.23. The van der Waals surface area contributed by atoms with Gasteiger partial charge in [0.2, 0.25) is 0 Å². The fourth-order valence-corrected chi connectivity index (χ4v) is 1.68. The minimum atomic E-state index is -1.59. The number of alkyl carbamates (subject to hydrolysis) is 1. The average Bonchev–Trinajstić information content (AvgIpc) is 2.42. The maximum absolute atomic E-state index is 13.6. The third-order valence-electron chi connectivity index (χ3n) is 2.69. The number of benzene rings is 1. The van der Waals surface area contributed by atoms with E-state index >= 15 is 0 Å². The summed E-state index contributed by atoms with van der Waals surface area (Å²) in [6.45, 7) is 4.70. The van der Waals surface area contributed by atoms with Gasteiger partial charge in [-0.25, -0.2) is 9.18 Å². The molecule has 2 atom stereocenters. The number of carbonyl (C=O) groups excluding carboxylic acids is 2. The Morgan fingerprint density at radius 3 is 2.59 bits per heavy atom. The van der Waals surface area contributed by atoms with Gasteiger partial charge in [0.05, 0.1) is 0 Å². The Labute approximate surface area is 127 Å². The van der Waals surface area contributed by atoms with Crippen molar-refractivity contribution in [1.82, 2.24) is 5.32 Å². The Bertz CT molecular complexity index is 541. The zero-order valence-electron chi connectivity index (χ0n) is 12.7. The van der Waals surface area contributed by atoms with E-state index in [1.807, 2.05) is 0 Å². The van der Waals surface area contributed by atoms with Gasteiger partial charge < -0.3 is 20.3 Å². The van der Waals surface area contributed by atoms with Gasteiger partial charge >= 0.3 is 6.09 Å². The van der Waals surface area contributed by atoms with Crippen molar-refractivity contribution in [2.75, 3.05) is 6.54 Å². The molecule has 1 aromatic rings. The van der Waals surface area contributed by atoms with Crippen LogP contribution in [-0.4, -0.2) is 40.8 Å². The molecule has 0 saturated carbocycles. The first-order chi connectivity index (χ1) is 10.1. The SMILES string of the molecule is CC(C)(C)OC(=O)NCC(O)C(O)c1cc(C=O)ccc1F. The molecule has 1 amide bonds. The molecule has 0 radical (unpaired) electrons. The second kappa shape index (κ2) is 7.33. The van der Waals surface area contributed by atoms with Crippen LogP contribution in [0.15, 0.2) is 18.2 Å². The number of aldehydes is 1. The van der Waals surface area contributed by atoms with Crippen LogP contribution in [0.2, 0.25) is 0 Å². The molecular formula is C15H20FNO5. The zero-order chi connectivity index (χ0) is 16.9. The Morgan fingerprint density at radius 2 is 2.05 bits per heavy atom. The van der Waals surface area contributed by atoms with Gasteiger partial charge in [-0.3, -0.25) is 4.79 Å². The molecule has 0 aromatic heterocycles. The van der Waals surface area contributed by atoms with Gasteiger partial charge in [0.25, 0.3) is 0 Å². The molecule has 0 aliphatic carbocycles. The quantitative estimate of drug-likeness (QED) is 0.717. The molecule has 1 aromatic carbocycles. The minimum Gasteiger partial charge on any atom is -0.444 e. The average molecular weight is 313 g/mol. The maximum atomic E-state index is 13.6.